The fraction of sp³-hybridized carbons (Fsp3) is 0.231. The third-order valence-electron chi connectivity index (χ3n) is 2.69. The summed E-state index contributed by atoms with van der Waals surface area (Å²) >= 11 is 1.11. The van der Waals surface area contributed by atoms with E-state index in [4.69, 9.17) is 10.7 Å². The molecule has 0 atom stereocenters. The zero-order valence-electron chi connectivity index (χ0n) is 11.2. The SMILES string of the molecule is Cc1cc(C(=O)NCCc2ccc(S(=O)(=O)Cl)s2)ccn1. The van der Waals surface area contributed by atoms with Crippen molar-refractivity contribution in [3.63, 3.8) is 0 Å². The van der Waals surface area contributed by atoms with Crippen molar-refractivity contribution in [3.05, 3.63) is 46.6 Å². The molecule has 112 valence electrons. The van der Waals surface area contributed by atoms with Gasteiger partial charge < -0.3 is 5.32 Å². The first-order valence-electron chi connectivity index (χ1n) is 6.10. The largest absolute Gasteiger partial charge is 0.352 e. The Balaban J connectivity index is 1.90. The number of hydrogen-bond donors (Lipinski definition) is 1. The Labute approximate surface area is 131 Å². The van der Waals surface area contributed by atoms with E-state index in [2.05, 4.69) is 10.3 Å². The number of carbonyl (C=O) groups excluding carboxylic acids is 1. The Morgan fingerprint density at radius 3 is 2.76 bits per heavy atom. The minimum atomic E-state index is -3.67. The Kier molecular flexibility index (Phi) is 4.97. The van der Waals surface area contributed by atoms with Crippen molar-refractivity contribution >= 4 is 37.0 Å². The topological polar surface area (TPSA) is 76.1 Å². The smallest absolute Gasteiger partial charge is 0.270 e. The number of rotatable bonds is 5. The van der Waals surface area contributed by atoms with Gasteiger partial charge in [-0.1, -0.05) is 0 Å². The quantitative estimate of drug-likeness (QED) is 0.845. The van der Waals surface area contributed by atoms with Crippen LogP contribution in [0, 0.1) is 6.92 Å². The van der Waals surface area contributed by atoms with Crippen LogP contribution in [-0.2, 0) is 15.5 Å². The second-order valence-electron chi connectivity index (χ2n) is 4.35. The number of aryl methyl sites for hydroxylation is 1. The van der Waals surface area contributed by atoms with Gasteiger partial charge in [-0.05, 0) is 37.6 Å². The highest BCUT2D eigenvalue weighted by atomic mass is 35.7. The first-order valence-corrected chi connectivity index (χ1v) is 9.23. The van der Waals surface area contributed by atoms with Crippen molar-refractivity contribution < 1.29 is 13.2 Å². The number of hydrogen-bond acceptors (Lipinski definition) is 5. The molecule has 0 spiro atoms. The molecule has 0 aliphatic carbocycles. The van der Waals surface area contributed by atoms with Crippen LogP contribution < -0.4 is 5.32 Å². The second-order valence-corrected chi connectivity index (χ2v) is 8.31. The molecule has 0 aliphatic heterocycles. The summed E-state index contributed by atoms with van der Waals surface area (Å²) < 4.78 is 22.4. The van der Waals surface area contributed by atoms with Crippen molar-refractivity contribution in [2.24, 2.45) is 0 Å². The summed E-state index contributed by atoms with van der Waals surface area (Å²) in [7, 11) is 1.58. The van der Waals surface area contributed by atoms with Gasteiger partial charge in [0.15, 0.2) is 0 Å². The Hall–Kier alpha value is -1.44. The van der Waals surface area contributed by atoms with Gasteiger partial charge in [0.1, 0.15) is 4.21 Å². The number of carbonyl (C=O) groups is 1. The normalized spacial score (nSPS) is 11.3. The predicted molar refractivity (Wildman–Crippen MR) is 82.4 cm³/mol. The number of halogens is 1. The lowest BCUT2D eigenvalue weighted by Crippen LogP contribution is -2.25. The van der Waals surface area contributed by atoms with Gasteiger partial charge >= 0.3 is 0 Å². The maximum absolute atomic E-state index is 11.9. The Morgan fingerprint density at radius 2 is 2.14 bits per heavy atom. The van der Waals surface area contributed by atoms with Crippen LogP contribution in [0.4, 0.5) is 0 Å². The average molecular weight is 345 g/mol. The molecule has 2 aromatic heterocycles. The van der Waals surface area contributed by atoms with Crippen LogP contribution in [0.5, 0.6) is 0 Å². The number of amides is 1. The van der Waals surface area contributed by atoms with E-state index in [1.165, 1.54) is 6.07 Å². The molecule has 0 bridgehead atoms. The van der Waals surface area contributed by atoms with E-state index in [-0.39, 0.29) is 10.1 Å². The van der Waals surface area contributed by atoms with E-state index < -0.39 is 9.05 Å². The van der Waals surface area contributed by atoms with Crippen molar-refractivity contribution in [1.82, 2.24) is 10.3 Å². The van der Waals surface area contributed by atoms with Gasteiger partial charge in [-0.2, -0.15) is 0 Å². The second kappa shape index (κ2) is 6.55. The maximum atomic E-state index is 11.9. The molecule has 2 rings (SSSR count). The summed E-state index contributed by atoms with van der Waals surface area (Å²) in [5, 5.41) is 2.78. The van der Waals surface area contributed by atoms with Gasteiger partial charge in [-0.3, -0.25) is 9.78 Å². The van der Waals surface area contributed by atoms with Crippen LogP contribution in [0.1, 0.15) is 20.9 Å². The van der Waals surface area contributed by atoms with E-state index in [0.717, 1.165) is 21.9 Å². The molecule has 0 radical (unpaired) electrons. The molecule has 0 aliphatic rings. The average Bonchev–Trinajstić information content (AvgIpc) is 2.87. The van der Waals surface area contributed by atoms with E-state index in [9.17, 15) is 13.2 Å². The van der Waals surface area contributed by atoms with E-state index in [1.54, 1.807) is 24.4 Å². The molecule has 2 heterocycles. The third kappa shape index (κ3) is 4.52. The summed E-state index contributed by atoms with van der Waals surface area (Å²) in [6.45, 7) is 2.24. The van der Waals surface area contributed by atoms with Crippen molar-refractivity contribution in [2.45, 2.75) is 17.6 Å². The fourth-order valence-electron chi connectivity index (χ4n) is 1.71. The van der Waals surface area contributed by atoms with E-state index >= 15 is 0 Å². The molecule has 8 heteroatoms. The number of nitrogens with one attached hydrogen (secondary N) is 1. The molecule has 2 aromatic rings. The molecule has 0 saturated carbocycles. The molecule has 0 unspecified atom stereocenters. The van der Waals surface area contributed by atoms with Crippen molar-refractivity contribution in [1.29, 1.82) is 0 Å². The summed E-state index contributed by atoms with van der Waals surface area (Å²) in [6.07, 6.45) is 2.13. The molecule has 1 amide bonds. The Morgan fingerprint density at radius 1 is 1.38 bits per heavy atom. The van der Waals surface area contributed by atoms with E-state index in [1.807, 2.05) is 6.92 Å². The van der Waals surface area contributed by atoms with Gasteiger partial charge in [0.05, 0.1) is 0 Å². The zero-order chi connectivity index (χ0) is 15.5. The molecule has 1 N–H and O–H groups in total. The highest BCUT2D eigenvalue weighted by Gasteiger charge is 2.13. The molecular weight excluding hydrogens is 332 g/mol. The lowest BCUT2D eigenvalue weighted by molar-refractivity contribution is 0.0954. The monoisotopic (exact) mass is 344 g/mol. The van der Waals surface area contributed by atoms with Crippen LogP contribution in [-0.4, -0.2) is 25.9 Å². The van der Waals surface area contributed by atoms with Gasteiger partial charge in [-0.15, -0.1) is 11.3 Å². The minimum Gasteiger partial charge on any atom is -0.352 e. The highest BCUT2D eigenvalue weighted by Crippen LogP contribution is 2.24. The molecule has 5 nitrogen and oxygen atoms in total. The van der Waals surface area contributed by atoms with Gasteiger partial charge in [0.2, 0.25) is 0 Å². The zero-order valence-corrected chi connectivity index (χ0v) is 13.6. The summed E-state index contributed by atoms with van der Waals surface area (Å²) in [4.78, 5) is 16.8. The van der Waals surface area contributed by atoms with Crippen LogP contribution in [0.15, 0.2) is 34.7 Å². The summed E-state index contributed by atoms with van der Waals surface area (Å²) in [5.74, 6) is -0.178. The van der Waals surface area contributed by atoms with Gasteiger partial charge in [0, 0.05) is 39.6 Å². The molecule has 0 aromatic carbocycles. The molecule has 21 heavy (non-hydrogen) atoms. The van der Waals surface area contributed by atoms with Gasteiger partial charge in [0.25, 0.3) is 15.0 Å². The fourth-order valence-corrected chi connectivity index (χ4v) is 3.83. The Bertz CT molecular complexity index is 756. The molecule has 0 saturated heterocycles. The van der Waals surface area contributed by atoms with E-state index in [0.29, 0.717) is 18.5 Å². The molecule has 0 fully saturated rings. The van der Waals surface area contributed by atoms with Crippen LogP contribution in [0.3, 0.4) is 0 Å². The van der Waals surface area contributed by atoms with Crippen LogP contribution in [0.25, 0.3) is 0 Å². The maximum Gasteiger partial charge on any atom is 0.270 e. The van der Waals surface area contributed by atoms with Crippen molar-refractivity contribution in [2.75, 3.05) is 6.54 Å². The van der Waals surface area contributed by atoms with Crippen LogP contribution in [0.2, 0.25) is 0 Å². The molecular formula is C13H13ClN2O3S2. The van der Waals surface area contributed by atoms with Crippen LogP contribution >= 0.6 is 22.0 Å². The lowest BCUT2D eigenvalue weighted by atomic mass is 10.2. The number of nitrogens with zero attached hydrogens (tertiary/aromatic N) is 1. The number of aromatic nitrogens is 1. The predicted octanol–water partition coefficient (Wildman–Crippen LogP) is 2.35. The third-order valence-corrected chi connectivity index (χ3v) is 5.93. The first-order chi connectivity index (χ1) is 9.86. The van der Waals surface area contributed by atoms with Crippen molar-refractivity contribution in [3.8, 4) is 0 Å². The summed E-state index contributed by atoms with van der Waals surface area (Å²) in [5.41, 5.74) is 1.33. The highest BCUT2D eigenvalue weighted by molar-refractivity contribution is 8.15. The number of thiophene rings is 1. The standard InChI is InChI=1S/C13H13ClN2O3S2/c1-9-8-10(4-6-15-9)13(17)16-7-5-11-2-3-12(20-11)21(14,18)19/h2-4,6,8H,5,7H2,1H3,(H,16,17). The summed E-state index contributed by atoms with van der Waals surface area (Å²) in [6, 6.07) is 6.52. The first kappa shape index (κ1) is 15.9. The van der Waals surface area contributed by atoms with Gasteiger partial charge in [-0.25, -0.2) is 8.42 Å². The minimum absolute atomic E-state index is 0.121. The number of pyridine rings is 1. The lowest BCUT2D eigenvalue weighted by Gasteiger charge is -2.04.